The van der Waals surface area contributed by atoms with Crippen molar-refractivity contribution in [1.29, 1.82) is 0 Å². The quantitative estimate of drug-likeness (QED) is 0.202. The molecule has 5 aromatic rings. The summed E-state index contributed by atoms with van der Waals surface area (Å²) in [6.07, 6.45) is -5.44. The number of halogens is 7. The lowest BCUT2D eigenvalue weighted by atomic mass is 10.1. The molecule has 18 heteroatoms. The molecule has 0 atom stereocenters. The molecule has 1 fully saturated rings. The highest BCUT2D eigenvalue weighted by atomic mass is 19.4. The maximum absolute atomic E-state index is 14.5. The summed E-state index contributed by atoms with van der Waals surface area (Å²) in [5, 5.41) is 14.6. The number of aliphatic carboxylic acids is 1. The number of carboxylic acids is 1. The van der Waals surface area contributed by atoms with Crippen LogP contribution in [0, 0.1) is 5.82 Å². The van der Waals surface area contributed by atoms with Crippen LogP contribution >= 0.6 is 0 Å². The van der Waals surface area contributed by atoms with Gasteiger partial charge in [-0.05, 0) is 60.7 Å². The number of hydrogen-bond donors (Lipinski definition) is 2. The van der Waals surface area contributed by atoms with Gasteiger partial charge < -0.3 is 20.1 Å². The van der Waals surface area contributed by atoms with Crippen LogP contribution in [0.3, 0.4) is 0 Å². The van der Waals surface area contributed by atoms with E-state index in [-0.39, 0.29) is 11.6 Å². The van der Waals surface area contributed by atoms with Crippen molar-refractivity contribution in [2.45, 2.75) is 12.4 Å². The van der Waals surface area contributed by atoms with Crippen molar-refractivity contribution in [3.8, 4) is 28.3 Å². The van der Waals surface area contributed by atoms with Gasteiger partial charge in [0.1, 0.15) is 17.8 Å². The number of nitrogens with one attached hydrogen (secondary N) is 1. The Bertz CT molecular complexity index is 1860. The summed E-state index contributed by atoms with van der Waals surface area (Å²) in [5.74, 6) is -2.52. The predicted octanol–water partition coefficient (Wildman–Crippen LogP) is 6.16. The fraction of sp³-hybridized carbons (Fsp3) is 0.200. The Kier molecular flexibility index (Phi) is 9.83. The average Bonchev–Trinajstić information content (AvgIpc) is 3.55. The second-order valence-electron chi connectivity index (χ2n) is 9.98. The number of carboxylic acid groups (broad SMARTS) is 1. The number of nitrogens with zero attached hydrogens (tertiary/aromatic N) is 7. The summed E-state index contributed by atoms with van der Waals surface area (Å²) < 4.78 is 91.5. The lowest BCUT2D eigenvalue weighted by molar-refractivity contribution is -0.192. The van der Waals surface area contributed by atoms with Crippen LogP contribution < -0.4 is 10.2 Å². The topological polar surface area (TPSA) is 131 Å². The summed E-state index contributed by atoms with van der Waals surface area (Å²) in [7, 11) is 0. The first-order chi connectivity index (χ1) is 22.8. The molecule has 0 aliphatic carbocycles. The van der Waals surface area contributed by atoms with Gasteiger partial charge in [-0.1, -0.05) is 0 Å². The summed E-state index contributed by atoms with van der Waals surface area (Å²) in [5.41, 5.74) is 2.75. The molecule has 4 heterocycles. The van der Waals surface area contributed by atoms with E-state index in [1.54, 1.807) is 36.5 Å². The standard InChI is InChI=1S/C28H22F4N8O.C2HF3O2/c29-20-13-19(14-23(15-20)39-9-11-41-12-10-39)24-7-8-33-27(37-24)36-21-2-4-22(5-3-21)40-17-35-26(38-40)18-1-6-25(34-16-18)28(30,31)32;3-2(4,5)1(6)7/h1-8,13-17H,9-12H2,(H,33,36,37);(H,6,7). The van der Waals surface area contributed by atoms with E-state index < -0.39 is 24.0 Å². The molecule has 250 valence electrons. The van der Waals surface area contributed by atoms with E-state index in [9.17, 15) is 30.7 Å². The number of alkyl halides is 6. The highest BCUT2D eigenvalue weighted by Crippen LogP contribution is 2.29. The molecule has 2 N–H and O–H groups in total. The van der Waals surface area contributed by atoms with Crippen LogP contribution in [0.15, 0.2) is 79.4 Å². The molecule has 0 unspecified atom stereocenters. The third kappa shape index (κ3) is 8.58. The van der Waals surface area contributed by atoms with Crippen molar-refractivity contribution in [3.05, 3.63) is 90.9 Å². The van der Waals surface area contributed by atoms with Crippen LogP contribution in [0.4, 0.5) is 48.1 Å². The predicted molar refractivity (Wildman–Crippen MR) is 157 cm³/mol. The fourth-order valence-electron chi connectivity index (χ4n) is 4.35. The molecule has 2 aromatic carbocycles. The Morgan fingerprint density at radius 2 is 1.56 bits per heavy atom. The van der Waals surface area contributed by atoms with Gasteiger partial charge in [0, 0.05) is 48.0 Å². The summed E-state index contributed by atoms with van der Waals surface area (Å²) in [4.78, 5) is 27.5. The number of benzene rings is 2. The van der Waals surface area contributed by atoms with Crippen molar-refractivity contribution >= 4 is 23.3 Å². The molecule has 0 saturated carbocycles. The minimum Gasteiger partial charge on any atom is -0.475 e. The Morgan fingerprint density at radius 1 is 0.854 bits per heavy atom. The number of rotatable bonds is 6. The molecule has 3 aromatic heterocycles. The maximum atomic E-state index is 14.5. The minimum absolute atomic E-state index is 0.243. The maximum Gasteiger partial charge on any atom is 0.490 e. The van der Waals surface area contributed by atoms with Gasteiger partial charge in [-0.15, -0.1) is 5.10 Å². The van der Waals surface area contributed by atoms with Gasteiger partial charge in [-0.25, -0.2) is 28.8 Å². The Balaban J connectivity index is 0.000000582. The van der Waals surface area contributed by atoms with Gasteiger partial charge in [0.2, 0.25) is 5.95 Å². The fourth-order valence-corrected chi connectivity index (χ4v) is 4.35. The summed E-state index contributed by atoms with van der Waals surface area (Å²) >= 11 is 0. The second kappa shape index (κ2) is 14.0. The van der Waals surface area contributed by atoms with Crippen LogP contribution in [0.25, 0.3) is 28.3 Å². The van der Waals surface area contributed by atoms with Gasteiger partial charge in [0.25, 0.3) is 0 Å². The van der Waals surface area contributed by atoms with Crippen LogP contribution in [0.5, 0.6) is 0 Å². The van der Waals surface area contributed by atoms with Crippen molar-refractivity contribution in [2.24, 2.45) is 0 Å². The van der Waals surface area contributed by atoms with Crippen molar-refractivity contribution in [1.82, 2.24) is 29.7 Å². The van der Waals surface area contributed by atoms with E-state index in [4.69, 9.17) is 14.6 Å². The number of hydrogen-bond acceptors (Lipinski definition) is 9. The molecule has 1 aliphatic heterocycles. The first kappa shape index (κ1) is 33.7. The van der Waals surface area contributed by atoms with E-state index in [2.05, 4.69) is 35.3 Å². The Morgan fingerprint density at radius 3 is 2.19 bits per heavy atom. The zero-order valence-electron chi connectivity index (χ0n) is 24.4. The van der Waals surface area contributed by atoms with E-state index in [0.717, 1.165) is 18.0 Å². The molecule has 1 saturated heterocycles. The molecule has 6 rings (SSSR count). The Hall–Kier alpha value is -5.65. The molecule has 0 radical (unpaired) electrons. The minimum atomic E-state index is -5.08. The third-order valence-corrected chi connectivity index (χ3v) is 6.64. The number of anilines is 3. The number of morpholine rings is 1. The van der Waals surface area contributed by atoms with E-state index >= 15 is 0 Å². The van der Waals surface area contributed by atoms with Crippen molar-refractivity contribution in [3.63, 3.8) is 0 Å². The van der Waals surface area contributed by atoms with Crippen LogP contribution in [0.2, 0.25) is 0 Å². The van der Waals surface area contributed by atoms with Gasteiger partial charge in [0.05, 0.1) is 24.6 Å². The molecular formula is C30H23F7N8O3. The lowest BCUT2D eigenvalue weighted by Crippen LogP contribution is -2.36. The van der Waals surface area contributed by atoms with E-state index in [1.165, 1.54) is 29.2 Å². The van der Waals surface area contributed by atoms with Crippen LogP contribution in [-0.4, -0.2) is 73.3 Å². The molecule has 48 heavy (non-hydrogen) atoms. The highest BCUT2D eigenvalue weighted by molar-refractivity contribution is 5.73. The molecule has 0 spiro atoms. The van der Waals surface area contributed by atoms with Crippen LogP contribution in [-0.2, 0) is 15.7 Å². The van der Waals surface area contributed by atoms with Gasteiger partial charge in [-0.2, -0.15) is 26.3 Å². The number of carbonyl (C=O) groups is 1. The second-order valence-corrected chi connectivity index (χ2v) is 9.98. The average molecular weight is 677 g/mol. The smallest absolute Gasteiger partial charge is 0.475 e. The number of aromatic nitrogens is 6. The lowest BCUT2D eigenvalue weighted by Gasteiger charge is -2.29. The van der Waals surface area contributed by atoms with Gasteiger partial charge in [0.15, 0.2) is 5.82 Å². The largest absolute Gasteiger partial charge is 0.490 e. The summed E-state index contributed by atoms with van der Waals surface area (Å²) in [6.45, 7) is 2.58. The molecule has 11 nitrogen and oxygen atoms in total. The molecule has 1 aliphatic rings. The van der Waals surface area contributed by atoms with E-state index in [1.807, 2.05) is 6.07 Å². The molecule has 0 bridgehead atoms. The van der Waals surface area contributed by atoms with Gasteiger partial charge in [-0.3, -0.25) is 4.98 Å². The summed E-state index contributed by atoms with van der Waals surface area (Å²) in [6, 6.07) is 15.9. The number of ether oxygens (including phenoxy) is 1. The van der Waals surface area contributed by atoms with Crippen molar-refractivity contribution < 1.29 is 45.4 Å². The zero-order chi connectivity index (χ0) is 34.5. The Labute approximate surface area is 266 Å². The normalized spacial score (nSPS) is 13.4. The molecular weight excluding hydrogens is 653 g/mol. The van der Waals surface area contributed by atoms with Crippen LogP contribution in [0.1, 0.15) is 5.69 Å². The molecule has 0 amide bonds. The first-order valence-electron chi connectivity index (χ1n) is 13.9. The van der Waals surface area contributed by atoms with E-state index in [0.29, 0.717) is 60.4 Å². The SMILES string of the molecule is Fc1cc(-c2ccnc(Nc3ccc(-n4cnc(-c5ccc(C(F)(F)F)nc5)n4)cc3)n2)cc(N2CCOCC2)c1.O=C(O)C(F)(F)F. The monoisotopic (exact) mass is 676 g/mol. The first-order valence-corrected chi connectivity index (χ1v) is 13.9. The van der Waals surface area contributed by atoms with Crippen molar-refractivity contribution in [2.75, 3.05) is 36.5 Å². The zero-order valence-corrected chi connectivity index (χ0v) is 24.4. The highest BCUT2D eigenvalue weighted by Gasteiger charge is 2.38. The number of pyridine rings is 1. The third-order valence-electron chi connectivity index (χ3n) is 6.64. The van der Waals surface area contributed by atoms with Gasteiger partial charge >= 0.3 is 18.3 Å².